The molecule has 1 heterocycles. The number of rotatable bonds is 4. The molecule has 3 N–H and O–H groups in total. The fourth-order valence-electron chi connectivity index (χ4n) is 2.34. The van der Waals surface area contributed by atoms with Crippen LogP contribution in [0.25, 0.3) is 0 Å². The molecule has 0 radical (unpaired) electrons. The van der Waals surface area contributed by atoms with Crippen LogP contribution in [-0.4, -0.2) is 32.8 Å². The van der Waals surface area contributed by atoms with Gasteiger partial charge in [-0.25, -0.2) is 9.59 Å². The minimum absolute atomic E-state index is 0.0917. The third kappa shape index (κ3) is 3.25. The summed E-state index contributed by atoms with van der Waals surface area (Å²) in [7, 11) is 0. The van der Waals surface area contributed by atoms with Gasteiger partial charge in [-0.3, -0.25) is 0 Å². The number of aromatic nitrogens is 2. The van der Waals surface area contributed by atoms with Gasteiger partial charge in [-0.1, -0.05) is 12.1 Å². The molecule has 20 heavy (non-hydrogen) atoms. The van der Waals surface area contributed by atoms with E-state index in [2.05, 4.69) is 32.2 Å². The SMILES string of the molecule is CC1CCC(NC(=O)NCc2ncon2)(C(=O)O)CC1. The van der Waals surface area contributed by atoms with Gasteiger partial charge in [0.15, 0.2) is 5.82 Å². The van der Waals surface area contributed by atoms with Gasteiger partial charge >= 0.3 is 12.0 Å². The molecule has 110 valence electrons. The lowest BCUT2D eigenvalue weighted by Gasteiger charge is -2.36. The van der Waals surface area contributed by atoms with Crippen molar-refractivity contribution in [1.82, 2.24) is 20.8 Å². The molecule has 1 aromatic heterocycles. The zero-order valence-corrected chi connectivity index (χ0v) is 11.3. The molecule has 2 amide bonds. The van der Waals surface area contributed by atoms with E-state index in [-0.39, 0.29) is 6.54 Å². The van der Waals surface area contributed by atoms with E-state index in [0.717, 1.165) is 19.2 Å². The van der Waals surface area contributed by atoms with Gasteiger partial charge in [-0.15, -0.1) is 0 Å². The maximum atomic E-state index is 11.8. The summed E-state index contributed by atoms with van der Waals surface area (Å²) in [5.41, 5.74) is -1.17. The number of carboxylic acid groups (broad SMARTS) is 1. The van der Waals surface area contributed by atoms with E-state index in [4.69, 9.17) is 0 Å². The van der Waals surface area contributed by atoms with Gasteiger partial charge in [0.25, 0.3) is 0 Å². The molecule has 0 saturated heterocycles. The van der Waals surface area contributed by atoms with Gasteiger partial charge in [0.05, 0.1) is 6.54 Å². The Morgan fingerprint density at radius 2 is 2.20 bits per heavy atom. The van der Waals surface area contributed by atoms with Crippen molar-refractivity contribution in [2.45, 2.75) is 44.7 Å². The first-order chi connectivity index (χ1) is 9.52. The summed E-state index contributed by atoms with van der Waals surface area (Å²) in [5, 5.41) is 18.1. The summed E-state index contributed by atoms with van der Waals surface area (Å²) in [6, 6.07) is -0.535. The van der Waals surface area contributed by atoms with Gasteiger partial charge in [0, 0.05) is 0 Å². The molecule has 1 aliphatic rings. The van der Waals surface area contributed by atoms with Gasteiger partial charge < -0.3 is 20.3 Å². The second-order valence-electron chi connectivity index (χ2n) is 5.22. The largest absolute Gasteiger partial charge is 0.480 e. The minimum atomic E-state index is -1.17. The summed E-state index contributed by atoms with van der Waals surface area (Å²) < 4.78 is 4.54. The van der Waals surface area contributed by atoms with Crippen LogP contribution in [0.2, 0.25) is 0 Å². The highest BCUT2D eigenvalue weighted by atomic mass is 16.5. The van der Waals surface area contributed by atoms with E-state index in [1.54, 1.807) is 0 Å². The molecular formula is C12H18N4O4. The van der Waals surface area contributed by atoms with Crippen LogP contribution >= 0.6 is 0 Å². The predicted molar refractivity (Wildman–Crippen MR) is 67.7 cm³/mol. The number of carbonyl (C=O) groups excluding carboxylic acids is 1. The van der Waals surface area contributed by atoms with Crippen LogP contribution in [0.4, 0.5) is 4.79 Å². The first-order valence-electron chi connectivity index (χ1n) is 6.56. The second-order valence-corrected chi connectivity index (χ2v) is 5.22. The molecule has 0 unspecified atom stereocenters. The van der Waals surface area contributed by atoms with Crippen LogP contribution in [0.15, 0.2) is 10.9 Å². The first-order valence-corrected chi connectivity index (χ1v) is 6.56. The van der Waals surface area contributed by atoms with Crippen molar-refractivity contribution in [1.29, 1.82) is 0 Å². The van der Waals surface area contributed by atoms with Crippen molar-refractivity contribution in [3.05, 3.63) is 12.2 Å². The molecule has 8 heteroatoms. The smallest absolute Gasteiger partial charge is 0.329 e. The molecule has 1 fully saturated rings. The Bertz CT molecular complexity index is 466. The normalized spacial score (nSPS) is 25.9. The van der Waals surface area contributed by atoms with Crippen LogP contribution in [0.3, 0.4) is 0 Å². The summed E-state index contributed by atoms with van der Waals surface area (Å²) in [6.07, 6.45) is 3.63. The number of hydrogen-bond acceptors (Lipinski definition) is 5. The van der Waals surface area contributed by atoms with E-state index in [1.807, 2.05) is 0 Å². The molecule has 0 atom stereocenters. The lowest BCUT2D eigenvalue weighted by molar-refractivity contribution is -0.146. The van der Waals surface area contributed by atoms with Crippen LogP contribution < -0.4 is 10.6 Å². The zero-order valence-electron chi connectivity index (χ0n) is 11.3. The van der Waals surface area contributed by atoms with E-state index in [9.17, 15) is 14.7 Å². The summed E-state index contributed by atoms with van der Waals surface area (Å²) in [6.45, 7) is 2.18. The highest BCUT2D eigenvalue weighted by molar-refractivity contribution is 5.86. The number of nitrogens with zero attached hydrogens (tertiary/aromatic N) is 2. The topological polar surface area (TPSA) is 117 Å². The lowest BCUT2D eigenvalue weighted by Crippen LogP contribution is -2.58. The summed E-state index contributed by atoms with van der Waals surface area (Å²) in [5.74, 6) is -0.160. The number of carbonyl (C=O) groups is 2. The molecule has 0 aliphatic heterocycles. The van der Waals surface area contributed by atoms with Crippen LogP contribution in [0, 0.1) is 5.92 Å². The monoisotopic (exact) mass is 282 g/mol. The molecule has 0 bridgehead atoms. The lowest BCUT2D eigenvalue weighted by atomic mass is 9.77. The number of aliphatic carboxylic acids is 1. The Labute approximate surface area is 115 Å². The number of urea groups is 1. The Morgan fingerprint density at radius 1 is 1.50 bits per heavy atom. The third-order valence-corrected chi connectivity index (χ3v) is 3.70. The minimum Gasteiger partial charge on any atom is -0.480 e. The summed E-state index contributed by atoms with van der Waals surface area (Å²) in [4.78, 5) is 27.1. The first kappa shape index (κ1) is 14.3. The van der Waals surface area contributed by atoms with E-state index in [1.165, 1.54) is 0 Å². The third-order valence-electron chi connectivity index (χ3n) is 3.70. The van der Waals surface area contributed by atoms with Crippen LogP contribution in [-0.2, 0) is 11.3 Å². The Morgan fingerprint density at radius 3 is 2.75 bits per heavy atom. The Hall–Kier alpha value is -2.12. The van der Waals surface area contributed by atoms with Gasteiger partial charge in [0.1, 0.15) is 5.54 Å². The fourth-order valence-corrected chi connectivity index (χ4v) is 2.34. The Balaban J connectivity index is 1.91. The van der Waals surface area contributed by atoms with Crippen molar-refractivity contribution in [2.24, 2.45) is 5.92 Å². The molecule has 2 rings (SSSR count). The standard InChI is InChI=1S/C12H18N4O4/c1-8-2-4-12(5-3-8,10(17)18)15-11(19)13-6-9-14-7-20-16-9/h7-8H,2-6H2,1H3,(H,17,18)(H2,13,15,19). The second kappa shape index (κ2) is 5.89. The number of hydrogen-bond donors (Lipinski definition) is 3. The van der Waals surface area contributed by atoms with Crippen molar-refractivity contribution in [2.75, 3.05) is 0 Å². The van der Waals surface area contributed by atoms with Gasteiger partial charge in [-0.05, 0) is 31.6 Å². The van der Waals surface area contributed by atoms with Crippen molar-refractivity contribution < 1.29 is 19.2 Å². The number of nitrogens with one attached hydrogen (secondary N) is 2. The molecular weight excluding hydrogens is 264 g/mol. The molecule has 1 saturated carbocycles. The number of carboxylic acids is 1. The maximum absolute atomic E-state index is 11.8. The van der Waals surface area contributed by atoms with Gasteiger partial charge in [-0.2, -0.15) is 4.98 Å². The van der Waals surface area contributed by atoms with E-state index in [0.29, 0.717) is 24.6 Å². The quantitative estimate of drug-likeness (QED) is 0.755. The zero-order chi connectivity index (χ0) is 14.6. The highest BCUT2D eigenvalue weighted by Crippen LogP contribution is 2.32. The van der Waals surface area contributed by atoms with Crippen molar-refractivity contribution in [3.63, 3.8) is 0 Å². The average Bonchev–Trinajstić information content (AvgIpc) is 2.92. The average molecular weight is 282 g/mol. The van der Waals surface area contributed by atoms with Gasteiger partial charge in [0.2, 0.25) is 6.39 Å². The number of amides is 2. The molecule has 0 aromatic carbocycles. The molecule has 8 nitrogen and oxygen atoms in total. The van der Waals surface area contributed by atoms with Crippen LogP contribution in [0.1, 0.15) is 38.4 Å². The molecule has 1 aromatic rings. The predicted octanol–water partition coefficient (Wildman–Crippen LogP) is 0.902. The van der Waals surface area contributed by atoms with Crippen LogP contribution in [0.5, 0.6) is 0 Å². The van der Waals surface area contributed by atoms with Crippen molar-refractivity contribution in [3.8, 4) is 0 Å². The summed E-state index contributed by atoms with van der Waals surface area (Å²) >= 11 is 0. The van der Waals surface area contributed by atoms with E-state index < -0.39 is 17.5 Å². The fraction of sp³-hybridized carbons (Fsp3) is 0.667. The Kier molecular flexibility index (Phi) is 4.21. The molecule has 1 aliphatic carbocycles. The van der Waals surface area contributed by atoms with E-state index >= 15 is 0 Å². The van der Waals surface area contributed by atoms with Crippen molar-refractivity contribution >= 4 is 12.0 Å². The molecule has 0 spiro atoms. The maximum Gasteiger partial charge on any atom is 0.329 e. The highest BCUT2D eigenvalue weighted by Gasteiger charge is 2.42.